The van der Waals surface area contributed by atoms with Crippen LogP contribution in [0.2, 0.25) is 0 Å². The maximum absolute atomic E-state index is 12.7. The van der Waals surface area contributed by atoms with Gasteiger partial charge in [-0.3, -0.25) is 14.7 Å². The Labute approximate surface area is 153 Å². The van der Waals surface area contributed by atoms with Gasteiger partial charge in [-0.15, -0.1) is 0 Å². The van der Waals surface area contributed by atoms with Crippen molar-refractivity contribution in [2.45, 2.75) is 12.2 Å². The van der Waals surface area contributed by atoms with Gasteiger partial charge in [-0.2, -0.15) is 13.2 Å². The molecule has 2 aromatic rings. The molecule has 1 atom stereocenters. The Kier molecular flexibility index (Phi) is 5.97. The van der Waals surface area contributed by atoms with Crippen molar-refractivity contribution in [3.05, 3.63) is 53.9 Å². The summed E-state index contributed by atoms with van der Waals surface area (Å²) in [6.07, 6.45) is 0.729. The summed E-state index contributed by atoms with van der Waals surface area (Å²) in [7, 11) is 0. The number of alkyl halides is 3. The lowest BCUT2D eigenvalue weighted by molar-refractivity contribution is -0.145. The number of carbonyl (C=O) groups is 1. The van der Waals surface area contributed by atoms with Gasteiger partial charge in [0.1, 0.15) is 0 Å². The van der Waals surface area contributed by atoms with E-state index in [1.807, 2.05) is 4.90 Å². The molecular weight excluding hydrogens is 363 g/mol. The second-order valence-corrected chi connectivity index (χ2v) is 5.95. The SMILES string of the molecule is O=C(NCC(c1cnc(C(F)(F)F)nc1)N1CCOCC1)c1cccnc1. The maximum atomic E-state index is 12.7. The lowest BCUT2D eigenvalue weighted by Gasteiger charge is -2.34. The number of rotatable bonds is 5. The monoisotopic (exact) mass is 381 g/mol. The van der Waals surface area contributed by atoms with E-state index in [4.69, 9.17) is 4.74 Å². The van der Waals surface area contributed by atoms with Crippen molar-refractivity contribution in [3.8, 4) is 0 Å². The molecule has 7 nitrogen and oxygen atoms in total. The molecule has 3 heterocycles. The Morgan fingerprint density at radius 1 is 1.22 bits per heavy atom. The average molecular weight is 381 g/mol. The third-order valence-electron chi connectivity index (χ3n) is 4.18. The van der Waals surface area contributed by atoms with Gasteiger partial charge in [0.2, 0.25) is 5.82 Å². The van der Waals surface area contributed by atoms with Crippen LogP contribution in [0.25, 0.3) is 0 Å². The quantitative estimate of drug-likeness (QED) is 0.849. The van der Waals surface area contributed by atoms with E-state index in [-0.39, 0.29) is 18.5 Å². The molecule has 27 heavy (non-hydrogen) atoms. The molecule has 1 aliphatic rings. The zero-order valence-corrected chi connectivity index (χ0v) is 14.3. The minimum Gasteiger partial charge on any atom is -0.379 e. The summed E-state index contributed by atoms with van der Waals surface area (Å²) >= 11 is 0. The van der Waals surface area contributed by atoms with Gasteiger partial charge in [0.15, 0.2) is 0 Å². The van der Waals surface area contributed by atoms with E-state index in [0.29, 0.717) is 37.4 Å². The molecule has 1 N–H and O–H groups in total. The van der Waals surface area contributed by atoms with Crippen LogP contribution in [0.4, 0.5) is 13.2 Å². The van der Waals surface area contributed by atoms with Gasteiger partial charge in [-0.05, 0) is 12.1 Å². The largest absolute Gasteiger partial charge is 0.451 e. The van der Waals surface area contributed by atoms with Crippen LogP contribution in [0.3, 0.4) is 0 Å². The zero-order valence-electron chi connectivity index (χ0n) is 14.3. The Hall–Kier alpha value is -2.59. The van der Waals surface area contributed by atoms with Gasteiger partial charge in [0.05, 0.1) is 24.8 Å². The van der Waals surface area contributed by atoms with E-state index in [0.717, 1.165) is 12.4 Å². The first kappa shape index (κ1) is 19.2. The molecule has 0 aliphatic carbocycles. The van der Waals surface area contributed by atoms with Gasteiger partial charge in [-0.25, -0.2) is 9.97 Å². The Bertz CT molecular complexity index is 749. The molecule has 0 saturated carbocycles. The highest BCUT2D eigenvalue weighted by Gasteiger charge is 2.35. The summed E-state index contributed by atoms with van der Waals surface area (Å²) in [6, 6.07) is 2.92. The highest BCUT2D eigenvalue weighted by Crippen LogP contribution is 2.27. The number of hydrogen-bond acceptors (Lipinski definition) is 6. The van der Waals surface area contributed by atoms with Gasteiger partial charge in [-0.1, -0.05) is 0 Å². The van der Waals surface area contributed by atoms with Crippen molar-refractivity contribution in [3.63, 3.8) is 0 Å². The van der Waals surface area contributed by atoms with Crippen LogP contribution >= 0.6 is 0 Å². The Morgan fingerprint density at radius 3 is 2.52 bits per heavy atom. The molecule has 0 spiro atoms. The van der Waals surface area contributed by atoms with Crippen LogP contribution in [0, 0.1) is 0 Å². The molecule has 1 saturated heterocycles. The lowest BCUT2D eigenvalue weighted by atomic mass is 10.1. The topological polar surface area (TPSA) is 80.2 Å². The highest BCUT2D eigenvalue weighted by atomic mass is 19.4. The summed E-state index contributed by atoms with van der Waals surface area (Å²) < 4.78 is 43.4. The number of pyridine rings is 1. The third-order valence-corrected chi connectivity index (χ3v) is 4.18. The number of amides is 1. The standard InChI is InChI=1S/C17H18F3N5O2/c18-17(19,20)16-23-9-13(10-24-16)14(25-4-6-27-7-5-25)11-22-15(26)12-2-1-3-21-8-12/h1-3,8-10,14H,4-7,11H2,(H,22,26). The first-order valence-corrected chi connectivity index (χ1v) is 8.34. The molecule has 1 aliphatic heterocycles. The van der Waals surface area contributed by atoms with Gasteiger partial charge < -0.3 is 10.1 Å². The van der Waals surface area contributed by atoms with Crippen molar-refractivity contribution < 1.29 is 22.7 Å². The number of carbonyl (C=O) groups excluding carboxylic acids is 1. The molecule has 0 aromatic carbocycles. The van der Waals surface area contributed by atoms with Crippen LogP contribution in [0.5, 0.6) is 0 Å². The summed E-state index contributed by atoms with van der Waals surface area (Å²) in [6.45, 7) is 2.40. The summed E-state index contributed by atoms with van der Waals surface area (Å²) in [5, 5.41) is 2.80. The molecule has 1 amide bonds. The van der Waals surface area contributed by atoms with Crippen LogP contribution in [-0.4, -0.2) is 58.6 Å². The Morgan fingerprint density at radius 2 is 1.93 bits per heavy atom. The Balaban J connectivity index is 1.75. The zero-order chi connectivity index (χ0) is 19.3. The molecular formula is C17H18F3N5O2. The van der Waals surface area contributed by atoms with Gasteiger partial charge >= 0.3 is 6.18 Å². The minimum absolute atomic E-state index is 0.197. The smallest absolute Gasteiger partial charge is 0.379 e. The fourth-order valence-electron chi connectivity index (χ4n) is 2.79. The second kappa shape index (κ2) is 8.40. The molecule has 0 radical (unpaired) electrons. The fraction of sp³-hybridized carbons (Fsp3) is 0.412. The predicted molar refractivity (Wildman–Crippen MR) is 88.7 cm³/mol. The maximum Gasteiger partial charge on any atom is 0.451 e. The first-order chi connectivity index (χ1) is 12.9. The van der Waals surface area contributed by atoms with Crippen molar-refractivity contribution in [1.29, 1.82) is 0 Å². The van der Waals surface area contributed by atoms with Gasteiger partial charge in [0.25, 0.3) is 5.91 Å². The second-order valence-electron chi connectivity index (χ2n) is 5.95. The number of nitrogens with zero attached hydrogens (tertiary/aromatic N) is 4. The van der Waals surface area contributed by atoms with Crippen molar-refractivity contribution >= 4 is 5.91 Å². The molecule has 144 valence electrons. The van der Waals surface area contributed by atoms with Crippen LogP contribution in [-0.2, 0) is 10.9 Å². The van der Waals surface area contributed by atoms with E-state index in [2.05, 4.69) is 20.3 Å². The molecule has 0 bridgehead atoms. The van der Waals surface area contributed by atoms with Crippen LogP contribution in [0.15, 0.2) is 36.9 Å². The van der Waals surface area contributed by atoms with E-state index < -0.39 is 12.0 Å². The van der Waals surface area contributed by atoms with E-state index in [9.17, 15) is 18.0 Å². The molecule has 10 heteroatoms. The van der Waals surface area contributed by atoms with E-state index in [1.54, 1.807) is 18.3 Å². The number of nitrogens with one attached hydrogen (secondary N) is 1. The first-order valence-electron chi connectivity index (χ1n) is 8.34. The summed E-state index contributed by atoms with van der Waals surface area (Å²) in [5.74, 6) is -1.50. The van der Waals surface area contributed by atoms with Crippen molar-refractivity contribution in [1.82, 2.24) is 25.2 Å². The highest BCUT2D eigenvalue weighted by molar-refractivity contribution is 5.93. The number of morpholine rings is 1. The van der Waals surface area contributed by atoms with Crippen molar-refractivity contribution in [2.75, 3.05) is 32.8 Å². The molecule has 1 unspecified atom stereocenters. The van der Waals surface area contributed by atoms with Crippen molar-refractivity contribution in [2.24, 2.45) is 0 Å². The lowest BCUT2D eigenvalue weighted by Crippen LogP contribution is -2.44. The van der Waals surface area contributed by atoms with E-state index in [1.165, 1.54) is 6.20 Å². The summed E-state index contributed by atoms with van der Waals surface area (Å²) in [5.41, 5.74) is 0.901. The molecule has 3 rings (SSSR count). The third kappa shape index (κ3) is 4.98. The van der Waals surface area contributed by atoms with Crippen LogP contribution < -0.4 is 5.32 Å². The average Bonchev–Trinajstić information content (AvgIpc) is 2.69. The van der Waals surface area contributed by atoms with Gasteiger partial charge in [0, 0.05) is 50.0 Å². The normalized spacial score (nSPS) is 16.7. The minimum atomic E-state index is -4.60. The fourth-order valence-corrected chi connectivity index (χ4v) is 2.79. The predicted octanol–water partition coefficient (Wildman–Crippen LogP) is 1.69. The number of aromatic nitrogens is 3. The number of hydrogen-bond donors (Lipinski definition) is 1. The number of ether oxygens (including phenoxy) is 1. The summed E-state index contributed by atoms with van der Waals surface area (Å²) in [4.78, 5) is 25.1. The molecule has 1 fully saturated rings. The number of halogens is 3. The van der Waals surface area contributed by atoms with Crippen LogP contribution in [0.1, 0.15) is 27.8 Å². The van der Waals surface area contributed by atoms with E-state index >= 15 is 0 Å². The molecule has 2 aromatic heterocycles.